The van der Waals surface area contributed by atoms with Gasteiger partial charge in [-0.1, -0.05) is 0 Å². The quantitative estimate of drug-likeness (QED) is 0.656. The number of ketones is 1. The van der Waals surface area contributed by atoms with Crippen LogP contribution < -0.4 is 0 Å². The Labute approximate surface area is 87.9 Å². The molecule has 0 saturated heterocycles. The van der Waals surface area contributed by atoms with Crippen molar-refractivity contribution in [2.45, 2.75) is 26.2 Å². The van der Waals surface area contributed by atoms with E-state index in [0.717, 1.165) is 5.57 Å². The van der Waals surface area contributed by atoms with Crippen molar-refractivity contribution in [2.24, 2.45) is 0 Å². The fraction of sp³-hybridized carbons (Fsp3) is 0.600. The van der Waals surface area contributed by atoms with Gasteiger partial charge in [0.15, 0.2) is 5.78 Å². The molecule has 3 nitrogen and oxygen atoms in total. The van der Waals surface area contributed by atoms with Gasteiger partial charge in [0.1, 0.15) is 0 Å². The Morgan fingerprint density at radius 2 is 2.43 bits per heavy atom. The van der Waals surface area contributed by atoms with Gasteiger partial charge in [-0.3, -0.25) is 9.59 Å². The highest BCUT2D eigenvalue weighted by atomic mass is 32.2. The molecule has 0 bridgehead atoms. The Morgan fingerprint density at radius 3 is 3.00 bits per heavy atom. The van der Waals surface area contributed by atoms with E-state index >= 15 is 0 Å². The predicted molar refractivity (Wildman–Crippen MR) is 56.0 cm³/mol. The second-order valence-electron chi connectivity index (χ2n) is 3.04. The summed E-state index contributed by atoms with van der Waals surface area (Å²) >= 11 is 1.53. The number of Topliss-reactive ketones (excluding diaryl/α,β-unsaturated/α-hetero) is 1. The van der Waals surface area contributed by atoms with Gasteiger partial charge in [-0.25, -0.2) is 0 Å². The molecule has 0 aromatic rings. The van der Waals surface area contributed by atoms with E-state index in [1.165, 1.54) is 11.8 Å². The SMILES string of the molecule is CCOC(=O)CCCC1=CSCC1=O. The Bertz CT molecular complexity index is 258. The minimum atomic E-state index is -0.175. The monoisotopic (exact) mass is 214 g/mol. The van der Waals surface area contributed by atoms with Crippen LogP contribution in [0.4, 0.5) is 0 Å². The number of hydrogen-bond donors (Lipinski definition) is 0. The highest BCUT2D eigenvalue weighted by molar-refractivity contribution is 8.03. The van der Waals surface area contributed by atoms with Crippen LogP contribution in [0, 0.1) is 0 Å². The normalized spacial score (nSPS) is 15.5. The summed E-state index contributed by atoms with van der Waals surface area (Å²) in [6, 6.07) is 0. The zero-order valence-corrected chi connectivity index (χ0v) is 9.06. The number of rotatable bonds is 5. The Hall–Kier alpha value is -0.770. The number of thioether (sulfide) groups is 1. The minimum absolute atomic E-state index is 0.175. The maximum Gasteiger partial charge on any atom is 0.305 e. The second-order valence-corrected chi connectivity index (χ2v) is 3.89. The molecule has 1 heterocycles. The van der Waals surface area contributed by atoms with E-state index in [-0.39, 0.29) is 11.8 Å². The van der Waals surface area contributed by atoms with Gasteiger partial charge in [0.2, 0.25) is 0 Å². The zero-order valence-electron chi connectivity index (χ0n) is 8.25. The molecule has 0 atom stereocenters. The molecular weight excluding hydrogens is 200 g/mol. The highest BCUT2D eigenvalue weighted by Crippen LogP contribution is 2.22. The number of allylic oxidation sites excluding steroid dienone is 1. The summed E-state index contributed by atoms with van der Waals surface area (Å²) in [5.74, 6) is 0.597. The summed E-state index contributed by atoms with van der Waals surface area (Å²) in [7, 11) is 0. The average molecular weight is 214 g/mol. The molecule has 4 heteroatoms. The van der Waals surface area contributed by atoms with Crippen LogP contribution >= 0.6 is 11.8 Å². The van der Waals surface area contributed by atoms with Gasteiger partial charge >= 0.3 is 5.97 Å². The molecule has 1 aliphatic heterocycles. The van der Waals surface area contributed by atoms with Gasteiger partial charge in [-0.2, -0.15) is 0 Å². The largest absolute Gasteiger partial charge is 0.466 e. The molecule has 1 aliphatic rings. The lowest BCUT2D eigenvalue weighted by molar-refractivity contribution is -0.143. The van der Waals surface area contributed by atoms with Crippen molar-refractivity contribution in [3.63, 3.8) is 0 Å². The number of hydrogen-bond acceptors (Lipinski definition) is 4. The lowest BCUT2D eigenvalue weighted by Crippen LogP contribution is -2.05. The summed E-state index contributed by atoms with van der Waals surface area (Å²) in [5, 5.41) is 1.90. The third kappa shape index (κ3) is 3.54. The molecule has 0 amide bonds. The summed E-state index contributed by atoms with van der Waals surface area (Å²) in [4.78, 5) is 22.1. The molecular formula is C10H14O3S. The third-order valence-electron chi connectivity index (χ3n) is 1.93. The summed E-state index contributed by atoms with van der Waals surface area (Å²) < 4.78 is 4.78. The molecule has 14 heavy (non-hydrogen) atoms. The first kappa shape index (κ1) is 11.3. The summed E-state index contributed by atoms with van der Waals surface area (Å²) in [6.45, 7) is 2.22. The molecule has 1 rings (SSSR count). The fourth-order valence-corrected chi connectivity index (χ4v) is 2.10. The van der Waals surface area contributed by atoms with Crippen LogP contribution in [0.2, 0.25) is 0 Å². The molecule has 78 valence electrons. The van der Waals surface area contributed by atoms with Gasteiger partial charge in [0.25, 0.3) is 0 Å². The molecule has 0 aromatic carbocycles. The predicted octanol–water partition coefficient (Wildman–Crippen LogP) is 1.92. The first-order valence-electron chi connectivity index (χ1n) is 4.73. The Morgan fingerprint density at radius 1 is 1.64 bits per heavy atom. The third-order valence-corrected chi connectivity index (χ3v) is 2.81. The van der Waals surface area contributed by atoms with E-state index in [2.05, 4.69) is 0 Å². The molecule has 0 N–H and O–H groups in total. The first-order valence-corrected chi connectivity index (χ1v) is 5.78. The van der Waals surface area contributed by atoms with Crippen molar-refractivity contribution < 1.29 is 14.3 Å². The Kier molecular flexibility index (Phi) is 4.73. The van der Waals surface area contributed by atoms with E-state index in [1.54, 1.807) is 6.92 Å². The smallest absolute Gasteiger partial charge is 0.305 e. The van der Waals surface area contributed by atoms with Crippen LogP contribution in [0.1, 0.15) is 26.2 Å². The van der Waals surface area contributed by atoms with Gasteiger partial charge in [-0.05, 0) is 25.2 Å². The topological polar surface area (TPSA) is 43.4 Å². The molecule has 0 fully saturated rings. The molecule has 0 spiro atoms. The number of carbonyl (C=O) groups is 2. The molecule has 0 aromatic heterocycles. The van der Waals surface area contributed by atoms with Crippen molar-refractivity contribution in [3.05, 3.63) is 11.0 Å². The fourth-order valence-electron chi connectivity index (χ4n) is 1.23. The number of ether oxygens (including phenoxy) is 1. The van der Waals surface area contributed by atoms with E-state index in [1.807, 2.05) is 5.41 Å². The maximum absolute atomic E-state index is 11.2. The van der Waals surface area contributed by atoms with E-state index in [4.69, 9.17) is 4.74 Å². The lowest BCUT2D eigenvalue weighted by atomic mass is 10.1. The Balaban J connectivity index is 2.15. The van der Waals surface area contributed by atoms with E-state index in [9.17, 15) is 9.59 Å². The second kappa shape index (κ2) is 5.86. The van der Waals surface area contributed by atoms with Crippen molar-refractivity contribution in [1.29, 1.82) is 0 Å². The van der Waals surface area contributed by atoms with Crippen LogP contribution in [0.5, 0.6) is 0 Å². The first-order chi connectivity index (χ1) is 6.74. The van der Waals surface area contributed by atoms with Crippen molar-refractivity contribution >= 4 is 23.5 Å². The van der Waals surface area contributed by atoms with Gasteiger partial charge in [-0.15, -0.1) is 11.8 Å². The molecule has 0 radical (unpaired) electrons. The van der Waals surface area contributed by atoms with Crippen LogP contribution in [0.3, 0.4) is 0 Å². The molecule has 0 aliphatic carbocycles. The van der Waals surface area contributed by atoms with Gasteiger partial charge in [0.05, 0.1) is 12.4 Å². The van der Waals surface area contributed by atoms with Crippen molar-refractivity contribution in [3.8, 4) is 0 Å². The molecule has 0 unspecified atom stereocenters. The minimum Gasteiger partial charge on any atom is -0.466 e. The van der Waals surface area contributed by atoms with Crippen molar-refractivity contribution in [2.75, 3.05) is 12.4 Å². The van der Waals surface area contributed by atoms with Gasteiger partial charge < -0.3 is 4.74 Å². The standard InChI is InChI=1S/C10H14O3S/c1-2-13-10(12)5-3-4-8-6-14-7-9(8)11/h6H,2-5,7H2,1H3. The highest BCUT2D eigenvalue weighted by Gasteiger charge is 2.15. The van der Waals surface area contributed by atoms with E-state index < -0.39 is 0 Å². The number of esters is 1. The van der Waals surface area contributed by atoms with Gasteiger partial charge in [0, 0.05) is 12.0 Å². The lowest BCUT2D eigenvalue weighted by Gasteiger charge is -2.01. The summed E-state index contributed by atoms with van der Waals surface area (Å²) in [5.41, 5.74) is 0.860. The van der Waals surface area contributed by atoms with Crippen LogP contribution in [0.25, 0.3) is 0 Å². The van der Waals surface area contributed by atoms with Crippen LogP contribution in [-0.2, 0) is 14.3 Å². The van der Waals surface area contributed by atoms with E-state index in [0.29, 0.717) is 31.6 Å². The summed E-state index contributed by atoms with van der Waals surface area (Å²) in [6.07, 6.45) is 1.81. The zero-order chi connectivity index (χ0) is 10.4. The van der Waals surface area contributed by atoms with Crippen LogP contribution in [-0.4, -0.2) is 24.1 Å². The van der Waals surface area contributed by atoms with Crippen molar-refractivity contribution in [1.82, 2.24) is 0 Å². The number of carbonyl (C=O) groups excluding carboxylic acids is 2. The van der Waals surface area contributed by atoms with Crippen LogP contribution in [0.15, 0.2) is 11.0 Å². The maximum atomic E-state index is 11.2. The average Bonchev–Trinajstić information content (AvgIpc) is 2.52. The molecule has 0 saturated carbocycles.